The molecule has 0 aliphatic heterocycles. The van der Waals surface area contributed by atoms with Crippen molar-refractivity contribution in [3.63, 3.8) is 0 Å². The molecule has 90 valence electrons. The number of halogens is 3. The van der Waals surface area contributed by atoms with E-state index in [1.165, 1.54) is 0 Å². The number of carbonyl (C=O) groups is 1. The molecular weight excluding hydrogens is 247 g/mol. The van der Waals surface area contributed by atoms with E-state index in [-0.39, 0.29) is 18.2 Å². The van der Waals surface area contributed by atoms with E-state index in [1.807, 2.05) is 0 Å². The number of hydrogen-bond acceptors (Lipinski definition) is 5. The molecule has 0 unspecified atom stereocenters. The standard InChI is InChI=1S/C6H8F3N5OS/c7-6(8,9)3-13-5(16-14-3)12-2-1-11-4(10)15/h1-2H2,(H3,10,11,15)(H,12,13,14). The van der Waals surface area contributed by atoms with Crippen molar-refractivity contribution in [2.45, 2.75) is 6.18 Å². The van der Waals surface area contributed by atoms with Crippen LogP contribution >= 0.6 is 11.5 Å². The molecule has 0 saturated heterocycles. The SMILES string of the molecule is NC(=O)NCCNc1nc(C(F)(F)F)ns1. The largest absolute Gasteiger partial charge is 0.452 e. The number of nitrogens with one attached hydrogen (secondary N) is 2. The van der Waals surface area contributed by atoms with Gasteiger partial charge in [0, 0.05) is 24.6 Å². The number of aromatic nitrogens is 2. The molecule has 0 spiro atoms. The second-order valence-electron chi connectivity index (χ2n) is 2.64. The van der Waals surface area contributed by atoms with E-state index in [1.54, 1.807) is 0 Å². The molecular formula is C6H8F3N5OS. The molecule has 1 aromatic heterocycles. The van der Waals surface area contributed by atoms with E-state index < -0.39 is 18.0 Å². The van der Waals surface area contributed by atoms with Gasteiger partial charge in [-0.15, -0.1) is 0 Å². The van der Waals surface area contributed by atoms with Crippen molar-refractivity contribution in [1.82, 2.24) is 14.7 Å². The second-order valence-corrected chi connectivity index (χ2v) is 3.39. The van der Waals surface area contributed by atoms with Gasteiger partial charge in [-0.25, -0.2) is 4.79 Å². The van der Waals surface area contributed by atoms with Gasteiger partial charge in [-0.2, -0.15) is 22.5 Å². The molecule has 0 aliphatic rings. The van der Waals surface area contributed by atoms with Gasteiger partial charge in [0.15, 0.2) is 0 Å². The van der Waals surface area contributed by atoms with Crippen molar-refractivity contribution in [3.05, 3.63) is 5.82 Å². The highest BCUT2D eigenvalue weighted by Crippen LogP contribution is 2.28. The van der Waals surface area contributed by atoms with Crippen molar-refractivity contribution >= 4 is 22.7 Å². The van der Waals surface area contributed by atoms with Crippen LogP contribution in [0.5, 0.6) is 0 Å². The van der Waals surface area contributed by atoms with Crippen LogP contribution in [-0.4, -0.2) is 28.5 Å². The number of alkyl halides is 3. The summed E-state index contributed by atoms with van der Waals surface area (Å²) in [4.78, 5) is 13.5. The second kappa shape index (κ2) is 4.96. The molecule has 16 heavy (non-hydrogen) atoms. The number of nitrogens with zero attached hydrogens (tertiary/aromatic N) is 2. The van der Waals surface area contributed by atoms with E-state index in [0.29, 0.717) is 11.5 Å². The molecule has 6 nitrogen and oxygen atoms in total. The van der Waals surface area contributed by atoms with E-state index in [4.69, 9.17) is 5.73 Å². The fourth-order valence-corrected chi connectivity index (χ4v) is 1.38. The van der Waals surface area contributed by atoms with Gasteiger partial charge < -0.3 is 16.4 Å². The summed E-state index contributed by atoms with van der Waals surface area (Å²) >= 11 is 0.599. The summed E-state index contributed by atoms with van der Waals surface area (Å²) < 4.78 is 39.4. The minimum atomic E-state index is -4.54. The third kappa shape index (κ3) is 3.88. The number of hydrogen-bond donors (Lipinski definition) is 3. The third-order valence-corrected chi connectivity index (χ3v) is 2.05. The zero-order chi connectivity index (χ0) is 12.2. The summed E-state index contributed by atoms with van der Waals surface area (Å²) in [6, 6.07) is -0.699. The molecule has 0 bridgehead atoms. The highest BCUT2D eigenvalue weighted by atomic mass is 32.1. The van der Waals surface area contributed by atoms with E-state index in [9.17, 15) is 18.0 Å². The van der Waals surface area contributed by atoms with Gasteiger partial charge in [0.1, 0.15) is 0 Å². The Kier molecular flexibility index (Phi) is 3.88. The van der Waals surface area contributed by atoms with Crippen LogP contribution in [0.25, 0.3) is 0 Å². The van der Waals surface area contributed by atoms with Gasteiger partial charge in [0.05, 0.1) is 0 Å². The number of amides is 2. The first kappa shape index (κ1) is 12.5. The lowest BCUT2D eigenvalue weighted by molar-refractivity contribution is -0.144. The number of nitrogens with two attached hydrogens (primary N) is 1. The first-order valence-electron chi connectivity index (χ1n) is 4.07. The van der Waals surface area contributed by atoms with Crippen LogP contribution in [0.4, 0.5) is 23.1 Å². The van der Waals surface area contributed by atoms with Gasteiger partial charge in [-0.1, -0.05) is 0 Å². The molecule has 10 heteroatoms. The first-order chi connectivity index (χ1) is 7.39. The molecule has 0 aliphatic carbocycles. The number of rotatable bonds is 4. The van der Waals surface area contributed by atoms with Gasteiger partial charge in [0.25, 0.3) is 0 Å². The first-order valence-corrected chi connectivity index (χ1v) is 4.85. The van der Waals surface area contributed by atoms with Gasteiger partial charge in [-0.05, 0) is 0 Å². The smallest absolute Gasteiger partial charge is 0.359 e. The van der Waals surface area contributed by atoms with Crippen LogP contribution in [-0.2, 0) is 6.18 Å². The molecule has 0 atom stereocenters. The highest BCUT2D eigenvalue weighted by Gasteiger charge is 2.35. The number of carbonyl (C=O) groups excluding carboxylic acids is 1. The quantitative estimate of drug-likeness (QED) is 0.688. The maximum atomic E-state index is 12.1. The zero-order valence-electron chi connectivity index (χ0n) is 7.84. The summed E-state index contributed by atoms with van der Waals surface area (Å²) in [7, 11) is 0. The summed E-state index contributed by atoms with van der Waals surface area (Å²) in [5.74, 6) is -1.18. The van der Waals surface area contributed by atoms with E-state index >= 15 is 0 Å². The number of primary amides is 1. The summed E-state index contributed by atoms with van der Waals surface area (Å²) in [5.41, 5.74) is 4.78. The Morgan fingerprint density at radius 3 is 2.62 bits per heavy atom. The van der Waals surface area contributed by atoms with Crippen LogP contribution < -0.4 is 16.4 Å². The fraction of sp³-hybridized carbons (Fsp3) is 0.500. The lowest BCUT2D eigenvalue weighted by Crippen LogP contribution is -2.33. The minimum absolute atomic E-state index is 0.0404. The lowest BCUT2D eigenvalue weighted by atomic mass is 10.6. The Hall–Kier alpha value is -1.58. The van der Waals surface area contributed by atoms with Gasteiger partial charge >= 0.3 is 12.2 Å². The van der Waals surface area contributed by atoms with Crippen molar-refractivity contribution in [2.75, 3.05) is 18.4 Å². The van der Waals surface area contributed by atoms with Crippen LogP contribution in [0.1, 0.15) is 5.82 Å². The van der Waals surface area contributed by atoms with Crippen molar-refractivity contribution in [1.29, 1.82) is 0 Å². The Labute approximate surface area is 92.2 Å². The van der Waals surface area contributed by atoms with Crippen LogP contribution in [0.15, 0.2) is 0 Å². The molecule has 0 saturated carbocycles. The Balaban J connectivity index is 2.38. The fourth-order valence-electron chi connectivity index (χ4n) is 0.766. The molecule has 1 rings (SSSR count). The van der Waals surface area contributed by atoms with Gasteiger partial charge in [0.2, 0.25) is 11.0 Å². The average molecular weight is 255 g/mol. The molecule has 0 aromatic carbocycles. The van der Waals surface area contributed by atoms with Crippen molar-refractivity contribution in [3.8, 4) is 0 Å². The molecule has 1 heterocycles. The predicted octanol–water partition coefficient (Wildman–Crippen LogP) is 0.637. The Morgan fingerprint density at radius 1 is 1.44 bits per heavy atom. The minimum Gasteiger partial charge on any atom is -0.359 e. The molecule has 4 N–H and O–H groups in total. The zero-order valence-corrected chi connectivity index (χ0v) is 8.65. The van der Waals surface area contributed by atoms with Crippen molar-refractivity contribution < 1.29 is 18.0 Å². The Bertz CT molecular complexity index is 365. The van der Waals surface area contributed by atoms with E-state index in [0.717, 1.165) is 0 Å². The molecule has 0 fully saturated rings. The number of anilines is 1. The Morgan fingerprint density at radius 2 is 2.12 bits per heavy atom. The lowest BCUT2D eigenvalue weighted by Gasteiger charge is -2.02. The maximum absolute atomic E-state index is 12.1. The monoisotopic (exact) mass is 255 g/mol. The normalized spacial score (nSPS) is 11.2. The number of urea groups is 1. The molecule has 1 aromatic rings. The molecule has 0 radical (unpaired) electrons. The summed E-state index contributed by atoms with van der Waals surface area (Å²) in [6.07, 6.45) is -4.54. The average Bonchev–Trinajstić information content (AvgIpc) is 2.59. The summed E-state index contributed by atoms with van der Waals surface area (Å²) in [6.45, 7) is 0.408. The van der Waals surface area contributed by atoms with Crippen LogP contribution in [0.3, 0.4) is 0 Å². The highest BCUT2D eigenvalue weighted by molar-refractivity contribution is 7.09. The van der Waals surface area contributed by atoms with Crippen LogP contribution in [0.2, 0.25) is 0 Å². The summed E-state index contributed by atoms with van der Waals surface area (Å²) in [5, 5.41) is 4.87. The predicted molar refractivity (Wildman–Crippen MR) is 51.0 cm³/mol. The van der Waals surface area contributed by atoms with Crippen molar-refractivity contribution in [2.24, 2.45) is 5.73 Å². The topological polar surface area (TPSA) is 92.9 Å². The van der Waals surface area contributed by atoms with Crippen LogP contribution in [0, 0.1) is 0 Å². The third-order valence-electron chi connectivity index (χ3n) is 1.38. The maximum Gasteiger partial charge on any atom is 0.452 e. The molecule has 2 amide bonds. The van der Waals surface area contributed by atoms with Gasteiger partial charge in [-0.3, -0.25) is 0 Å². The van der Waals surface area contributed by atoms with E-state index in [2.05, 4.69) is 20.0 Å².